The number of aliphatic hydroxyl groups is 2. The Balaban J connectivity index is 1.55. The molecule has 5 aliphatic rings. The Bertz CT molecular complexity index is 786. The summed E-state index contributed by atoms with van der Waals surface area (Å²) >= 11 is 0. The molecule has 0 aromatic heterocycles. The highest BCUT2D eigenvalue weighted by atomic mass is 16.3. The molecule has 182 valence electrons. The molecule has 32 heavy (non-hydrogen) atoms. The van der Waals surface area contributed by atoms with E-state index in [1.54, 1.807) is 0 Å². The molecule has 2 nitrogen and oxygen atoms in total. The minimum absolute atomic E-state index is 0.0290. The summed E-state index contributed by atoms with van der Waals surface area (Å²) in [6.45, 7) is 19.7. The van der Waals surface area contributed by atoms with Crippen molar-refractivity contribution in [3.05, 3.63) is 12.2 Å². The van der Waals surface area contributed by atoms with Crippen molar-refractivity contribution in [3.63, 3.8) is 0 Å². The Morgan fingerprint density at radius 1 is 0.812 bits per heavy atom. The van der Waals surface area contributed by atoms with Crippen LogP contribution in [0.25, 0.3) is 0 Å². The molecule has 5 saturated carbocycles. The molecule has 5 fully saturated rings. The maximum absolute atomic E-state index is 10.9. The zero-order valence-corrected chi connectivity index (χ0v) is 21.8. The monoisotopic (exact) mass is 442 g/mol. The highest BCUT2D eigenvalue weighted by Gasteiger charge is 2.70. The van der Waals surface area contributed by atoms with E-state index >= 15 is 0 Å². The topological polar surface area (TPSA) is 40.5 Å². The van der Waals surface area contributed by atoms with Crippen molar-refractivity contribution in [3.8, 4) is 0 Å². The van der Waals surface area contributed by atoms with E-state index in [1.165, 1.54) is 63.4 Å². The Morgan fingerprint density at radius 3 is 2.19 bits per heavy atom. The summed E-state index contributed by atoms with van der Waals surface area (Å²) in [6, 6.07) is 0. The van der Waals surface area contributed by atoms with Crippen LogP contribution in [0.5, 0.6) is 0 Å². The van der Waals surface area contributed by atoms with Gasteiger partial charge in [-0.25, -0.2) is 0 Å². The van der Waals surface area contributed by atoms with E-state index in [1.807, 2.05) is 0 Å². The first-order valence-electron chi connectivity index (χ1n) is 13.8. The highest BCUT2D eigenvalue weighted by Crippen LogP contribution is 2.77. The van der Waals surface area contributed by atoms with Crippen LogP contribution in [0.1, 0.15) is 106 Å². The van der Waals surface area contributed by atoms with Gasteiger partial charge in [-0.3, -0.25) is 0 Å². The summed E-state index contributed by atoms with van der Waals surface area (Å²) in [6.07, 6.45) is 12.2. The Kier molecular flexibility index (Phi) is 5.19. The summed E-state index contributed by atoms with van der Waals surface area (Å²) in [5, 5.41) is 21.5. The van der Waals surface area contributed by atoms with Gasteiger partial charge in [0.2, 0.25) is 0 Å². The molecule has 0 heterocycles. The molecule has 2 N–H and O–H groups in total. The molecule has 0 amide bonds. The summed E-state index contributed by atoms with van der Waals surface area (Å²) < 4.78 is 0. The maximum atomic E-state index is 10.9. The van der Waals surface area contributed by atoms with Crippen LogP contribution < -0.4 is 0 Å². The first-order chi connectivity index (χ1) is 14.9. The quantitative estimate of drug-likeness (QED) is 0.452. The third-order valence-corrected chi connectivity index (χ3v) is 13.5. The summed E-state index contributed by atoms with van der Waals surface area (Å²) in [7, 11) is 0. The number of aliphatic hydroxyl groups excluding tert-OH is 2. The lowest BCUT2D eigenvalue weighted by molar-refractivity contribution is -0.249. The van der Waals surface area contributed by atoms with E-state index in [0.717, 1.165) is 18.3 Å². The van der Waals surface area contributed by atoms with Crippen LogP contribution in [-0.4, -0.2) is 22.9 Å². The van der Waals surface area contributed by atoms with Gasteiger partial charge in [-0.1, -0.05) is 46.8 Å². The zero-order valence-electron chi connectivity index (χ0n) is 21.8. The van der Waals surface area contributed by atoms with Crippen LogP contribution in [0.3, 0.4) is 0 Å². The van der Waals surface area contributed by atoms with Crippen LogP contribution in [0.2, 0.25) is 0 Å². The van der Waals surface area contributed by atoms with E-state index < -0.39 is 0 Å². The minimum atomic E-state index is -0.147. The molecular weight excluding hydrogens is 392 g/mol. The number of fused-ring (bicyclic) bond motifs is 7. The Morgan fingerprint density at radius 2 is 1.53 bits per heavy atom. The molecule has 0 bridgehead atoms. The predicted octanol–water partition coefficient (Wildman–Crippen LogP) is 7.00. The fourth-order valence-corrected chi connectivity index (χ4v) is 11.5. The molecule has 0 spiro atoms. The summed E-state index contributed by atoms with van der Waals surface area (Å²) in [4.78, 5) is 0. The fourth-order valence-electron chi connectivity index (χ4n) is 11.5. The first kappa shape index (κ1) is 23.4. The lowest BCUT2D eigenvalue weighted by atomic mass is 9.32. The lowest BCUT2D eigenvalue weighted by Crippen LogP contribution is -2.66. The molecule has 0 aromatic rings. The molecule has 0 aliphatic heterocycles. The van der Waals surface area contributed by atoms with Crippen molar-refractivity contribution in [1.82, 2.24) is 0 Å². The Hall–Kier alpha value is -0.340. The summed E-state index contributed by atoms with van der Waals surface area (Å²) in [5.41, 5.74) is 2.60. The van der Waals surface area contributed by atoms with Crippen LogP contribution in [0, 0.1) is 56.7 Å². The zero-order chi connectivity index (χ0) is 23.3. The van der Waals surface area contributed by atoms with Gasteiger partial charge in [0.1, 0.15) is 0 Å². The highest BCUT2D eigenvalue weighted by molar-refractivity contribution is 5.21. The normalized spacial score (nSPS) is 56.5. The van der Waals surface area contributed by atoms with Gasteiger partial charge in [0.05, 0.1) is 6.10 Å². The fraction of sp³-hybridized carbons (Fsp3) is 0.933. The van der Waals surface area contributed by atoms with Crippen LogP contribution in [0.4, 0.5) is 0 Å². The molecule has 5 rings (SSSR count). The van der Waals surface area contributed by atoms with E-state index in [-0.39, 0.29) is 16.9 Å². The van der Waals surface area contributed by atoms with Gasteiger partial charge < -0.3 is 10.2 Å². The number of allylic oxidation sites excluding steroid dienone is 1. The Labute approximate surface area is 197 Å². The van der Waals surface area contributed by atoms with Gasteiger partial charge in [0.15, 0.2) is 0 Å². The molecule has 5 aliphatic carbocycles. The van der Waals surface area contributed by atoms with Crippen molar-refractivity contribution in [2.45, 2.75) is 112 Å². The van der Waals surface area contributed by atoms with E-state index in [0.29, 0.717) is 40.6 Å². The standard InChI is InChI=1S/C30H50O2/c1-19(2)20-10-15-30(18-31)17-16-28(6)21(25(20)30)8-9-23-27(5)13-12-24(32)26(3,4)22(27)11-14-29(23,28)7/h20-25,31-32H,1,8-18H2,2-7H3/t20-,21-,22-,23+,24-,25-,27+,28+,29-,30+/m0/s1. The molecule has 2 heteroatoms. The third kappa shape index (κ3) is 2.66. The largest absolute Gasteiger partial charge is 0.396 e. The molecular formula is C30H50O2. The SMILES string of the molecule is C=C(C)[C@@H]1CC[C@]2(CO)CC[C@]3(C)[C@@H](CC[C@@H]4[C@]5(C)CC[C@H](O)C(C)(C)[C@@H]5CC[C@@]43C)[C@H]12. The van der Waals surface area contributed by atoms with E-state index in [2.05, 4.69) is 48.1 Å². The van der Waals surface area contributed by atoms with Gasteiger partial charge in [0.25, 0.3) is 0 Å². The average Bonchev–Trinajstić information content (AvgIpc) is 3.12. The van der Waals surface area contributed by atoms with Crippen molar-refractivity contribution in [1.29, 1.82) is 0 Å². The average molecular weight is 443 g/mol. The van der Waals surface area contributed by atoms with Crippen LogP contribution >= 0.6 is 0 Å². The van der Waals surface area contributed by atoms with E-state index in [4.69, 9.17) is 0 Å². The molecule has 10 atom stereocenters. The van der Waals surface area contributed by atoms with Crippen molar-refractivity contribution in [2.75, 3.05) is 6.61 Å². The minimum Gasteiger partial charge on any atom is -0.396 e. The van der Waals surface area contributed by atoms with E-state index in [9.17, 15) is 10.2 Å². The second-order valence-electron chi connectivity index (χ2n) is 14.6. The molecule has 0 radical (unpaired) electrons. The van der Waals surface area contributed by atoms with Crippen LogP contribution in [0.15, 0.2) is 12.2 Å². The number of hydrogen-bond acceptors (Lipinski definition) is 2. The van der Waals surface area contributed by atoms with Gasteiger partial charge >= 0.3 is 0 Å². The summed E-state index contributed by atoms with van der Waals surface area (Å²) in [5.74, 6) is 3.33. The van der Waals surface area contributed by atoms with Crippen molar-refractivity contribution < 1.29 is 10.2 Å². The first-order valence-corrected chi connectivity index (χ1v) is 13.8. The second-order valence-corrected chi connectivity index (χ2v) is 14.6. The number of hydrogen-bond donors (Lipinski definition) is 2. The lowest BCUT2D eigenvalue weighted by Gasteiger charge is -2.73. The van der Waals surface area contributed by atoms with Gasteiger partial charge in [0, 0.05) is 6.61 Å². The van der Waals surface area contributed by atoms with Crippen molar-refractivity contribution in [2.24, 2.45) is 56.7 Å². The molecule has 0 aromatic carbocycles. The van der Waals surface area contributed by atoms with Gasteiger partial charge in [-0.05, 0) is 128 Å². The van der Waals surface area contributed by atoms with Crippen molar-refractivity contribution >= 4 is 0 Å². The third-order valence-electron chi connectivity index (χ3n) is 13.5. The predicted molar refractivity (Wildman–Crippen MR) is 132 cm³/mol. The number of rotatable bonds is 2. The molecule has 0 unspecified atom stereocenters. The van der Waals surface area contributed by atoms with Crippen LogP contribution in [-0.2, 0) is 0 Å². The second kappa shape index (κ2) is 7.09. The maximum Gasteiger partial charge on any atom is 0.0594 e. The van der Waals surface area contributed by atoms with Gasteiger partial charge in [-0.2, -0.15) is 0 Å². The smallest absolute Gasteiger partial charge is 0.0594 e. The molecule has 0 saturated heterocycles. The van der Waals surface area contributed by atoms with Gasteiger partial charge in [-0.15, -0.1) is 0 Å².